The molecule has 0 radical (unpaired) electrons. The maximum Gasteiger partial charge on any atom is 0.367 e. The molecule has 0 aromatic rings. The van der Waals surface area contributed by atoms with E-state index in [-0.39, 0.29) is 21.8 Å². The highest BCUT2D eigenvalue weighted by Crippen LogP contribution is 2.61. The maximum atomic E-state index is 11.8. The summed E-state index contributed by atoms with van der Waals surface area (Å²) in [5.41, 5.74) is -0.404. The molecule has 5 fully saturated rings. The van der Waals surface area contributed by atoms with Crippen LogP contribution in [0.3, 0.4) is 0 Å². The lowest BCUT2D eigenvalue weighted by Gasteiger charge is -2.60. The Bertz CT molecular complexity index is 684. The molecule has 1 saturated carbocycles. The Morgan fingerprint density at radius 2 is 1.88 bits per heavy atom. The molecule has 6 nitrogen and oxygen atoms in total. The van der Waals surface area contributed by atoms with E-state index < -0.39 is 11.4 Å². The fourth-order valence-corrected chi connectivity index (χ4v) is 7.82. The molecule has 5 rings (SSSR count). The second-order valence-corrected chi connectivity index (χ2v) is 14.1. The molecule has 2 bridgehead atoms. The largest absolute Gasteiger partial charge is 0.458 e. The van der Waals surface area contributed by atoms with Crippen LogP contribution in [0.4, 0.5) is 4.79 Å². The third kappa shape index (κ3) is 5.01. The molecule has 32 heavy (non-hydrogen) atoms. The van der Waals surface area contributed by atoms with E-state index in [1.54, 1.807) is 0 Å². The monoisotopic (exact) mass is 488 g/mol. The van der Waals surface area contributed by atoms with Crippen molar-refractivity contribution >= 4 is 28.8 Å². The molecule has 184 valence electrons. The number of ether oxygens (including phenoxy) is 3. The minimum atomic E-state index is -0.720. The number of thioether (sulfide) groups is 2. The van der Waals surface area contributed by atoms with Gasteiger partial charge in [0.05, 0.1) is 6.61 Å². The van der Waals surface area contributed by atoms with Crippen LogP contribution in [0.25, 0.3) is 0 Å². The second kappa shape index (κ2) is 9.57. The van der Waals surface area contributed by atoms with Crippen molar-refractivity contribution in [3.8, 4) is 0 Å². The van der Waals surface area contributed by atoms with Crippen molar-refractivity contribution in [2.45, 2.75) is 108 Å². The molecule has 5 aliphatic rings. The Hall–Kier alpha value is 0.01000. The van der Waals surface area contributed by atoms with Crippen molar-refractivity contribution < 1.29 is 28.8 Å². The number of rotatable bonds is 6. The molecular weight excluding hydrogens is 448 g/mol. The summed E-state index contributed by atoms with van der Waals surface area (Å²) >= 11 is 3.11. The summed E-state index contributed by atoms with van der Waals surface area (Å²) in [5.74, 6) is 1.98. The predicted octanol–water partition coefficient (Wildman–Crippen LogP) is 6.38. The molecule has 1 spiro atoms. The minimum Gasteiger partial charge on any atom is -0.458 e. The van der Waals surface area contributed by atoms with Gasteiger partial charge in [0.1, 0.15) is 5.44 Å². The fourth-order valence-electron chi connectivity index (χ4n) is 5.90. The summed E-state index contributed by atoms with van der Waals surface area (Å²) in [5, 5.41) is -0.183. The normalized spacial score (nSPS) is 43.4. The van der Waals surface area contributed by atoms with Crippen LogP contribution in [-0.4, -0.2) is 45.5 Å². The molecular formula is C24H40O6S2. The Labute approximate surface area is 201 Å². The minimum absolute atomic E-state index is 0.0789. The van der Waals surface area contributed by atoms with Crippen LogP contribution in [0.1, 0.15) is 80.1 Å². The summed E-state index contributed by atoms with van der Waals surface area (Å²) in [7, 11) is 0. The first-order chi connectivity index (χ1) is 15.0. The highest BCUT2D eigenvalue weighted by atomic mass is 32.2. The van der Waals surface area contributed by atoms with E-state index >= 15 is 0 Å². The zero-order chi connectivity index (χ0) is 23.1. The van der Waals surface area contributed by atoms with Gasteiger partial charge in [0.15, 0.2) is 11.9 Å². The van der Waals surface area contributed by atoms with Gasteiger partial charge in [0.25, 0.3) is 0 Å². The van der Waals surface area contributed by atoms with Crippen LogP contribution in [-0.2, 0) is 24.0 Å². The van der Waals surface area contributed by atoms with Crippen molar-refractivity contribution in [2.75, 3.05) is 12.4 Å². The summed E-state index contributed by atoms with van der Waals surface area (Å²) in [6.07, 6.45) is 5.74. The summed E-state index contributed by atoms with van der Waals surface area (Å²) < 4.78 is 18.3. The van der Waals surface area contributed by atoms with Gasteiger partial charge in [0, 0.05) is 17.1 Å². The Balaban J connectivity index is 1.30. The quantitative estimate of drug-likeness (QED) is 0.243. The van der Waals surface area contributed by atoms with Gasteiger partial charge >= 0.3 is 5.30 Å². The van der Waals surface area contributed by atoms with Crippen molar-refractivity contribution in [3.05, 3.63) is 0 Å². The zero-order valence-electron chi connectivity index (χ0n) is 20.4. The van der Waals surface area contributed by atoms with Crippen LogP contribution < -0.4 is 0 Å². The Morgan fingerprint density at radius 1 is 1.09 bits per heavy atom. The molecule has 0 N–H and O–H groups in total. The van der Waals surface area contributed by atoms with Gasteiger partial charge in [-0.05, 0) is 74.3 Å². The number of carbonyl (C=O) groups is 1. The number of hydrogen-bond acceptors (Lipinski definition) is 8. The number of fused-ring (bicyclic) bond motifs is 2. The number of unbranched alkanes of at least 4 members (excludes halogenated alkanes) is 1. The standard InChI is InChI=1S/C24H40O6S2/c1-15-9-10-18-16(2)19(31-14-8-7-13-26-21(25)32-22(3,4)5)27-20-24(18)17(15)11-12-23(6,28-20)29-30-24/h15-20H,7-14H2,1-6H3/t15-,16-,17+,18+,19+,20-,23?,24-/m1/s1. The molecule has 1 unspecified atom stereocenters. The van der Waals surface area contributed by atoms with Gasteiger partial charge in [-0.15, -0.1) is 11.8 Å². The topological polar surface area (TPSA) is 63.2 Å². The van der Waals surface area contributed by atoms with Gasteiger partial charge in [-0.3, -0.25) is 0 Å². The van der Waals surface area contributed by atoms with E-state index in [2.05, 4.69) is 13.8 Å². The third-order valence-electron chi connectivity index (χ3n) is 7.53. The smallest absolute Gasteiger partial charge is 0.367 e. The Morgan fingerprint density at radius 3 is 2.62 bits per heavy atom. The van der Waals surface area contributed by atoms with Gasteiger partial charge in [-0.2, -0.15) is 0 Å². The van der Waals surface area contributed by atoms with E-state index in [0.29, 0.717) is 30.3 Å². The molecule has 0 aromatic heterocycles. The Kier molecular flexibility index (Phi) is 7.51. The molecule has 4 heterocycles. The highest BCUT2D eigenvalue weighted by Gasteiger charge is 2.69. The lowest BCUT2D eigenvalue weighted by atomic mass is 9.58. The zero-order valence-corrected chi connectivity index (χ0v) is 22.0. The average Bonchev–Trinajstić information content (AvgIpc) is 2.93. The predicted molar refractivity (Wildman–Crippen MR) is 127 cm³/mol. The first-order valence-electron chi connectivity index (χ1n) is 12.2. The van der Waals surface area contributed by atoms with E-state index in [4.69, 9.17) is 24.0 Å². The highest BCUT2D eigenvalue weighted by molar-refractivity contribution is 8.14. The number of carbonyl (C=O) groups excluding carboxylic acids is 1. The van der Waals surface area contributed by atoms with Crippen LogP contribution >= 0.6 is 23.5 Å². The maximum absolute atomic E-state index is 11.8. The number of hydrogen-bond donors (Lipinski definition) is 0. The van der Waals surface area contributed by atoms with Gasteiger partial charge in [-0.1, -0.05) is 34.6 Å². The van der Waals surface area contributed by atoms with E-state index in [1.807, 2.05) is 39.5 Å². The van der Waals surface area contributed by atoms with Crippen molar-refractivity contribution in [2.24, 2.45) is 23.7 Å². The summed E-state index contributed by atoms with van der Waals surface area (Å²) in [4.78, 5) is 23.9. The molecule has 4 saturated heterocycles. The first kappa shape index (κ1) is 25.1. The lowest BCUT2D eigenvalue weighted by molar-refractivity contribution is -0.568. The van der Waals surface area contributed by atoms with E-state index in [9.17, 15) is 4.79 Å². The van der Waals surface area contributed by atoms with E-state index in [0.717, 1.165) is 37.9 Å². The molecule has 1 aliphatic carbocycles. The van der Waals surface area contributed by atoms with Crippen LogP contribution in [0.5, 0.6) is 0 Å². The van der Waals surface area contributed by atoms with Gasteiger partial charge in [-0.25, -0.2) is 14.6 Å². The molecule has 0 aromatic carbocycles. The first-order valence-corrected chi connectivity index (χ1v) is 14.1. The van der Waals surface area contributed by atoms with E-state index in [1.165, 1.54) is 18.2 Å². The van der Waals surface area contributed by atoms with Crippen molar-refractivity contribution in [3.63, 3.8) is 0 Å². The van der Waals surface area contributed by atoms with Gasteiger partial charge < -0.3 is 14.2 Å². The molecule has 8 atom stereocenters. The third-order valence-corrected chi connectivity index (χ3v) is 9.82. The fraction of sp³-hybridized carbons (Fsp3) is 0.958. The van der Waals surface area contributed by atoms with Crippen LogP contribution in [0, 0.1) is 23.7 Å². The van der Waals surface area contributed by atoms with Crippen molar-refractivity contribution in [1.82, 2.24) is 0 Å². The summed E-state index contributed by atoms with van der Waals surface area (Å²) in [6, 6.07) is 0. The second-order valence-electron chi connectivity index (χ2n) is 11.2. The molecule has 0 amide bonds. The lowest BCUT2D eigenvalue weighted by Crippen LogP contribution is -2.70. The van der Waals surface area contributed by atoms with Crippen LogP contribution in [0.2, 0.25) is 0 Å². The summed E-state index contributed by atoms with van der Waals surface area (Å²) in [6.45, 7) is 13.1. The van der Waals surface area contributed by atoms with Crippen molar-refractivity contribution in [1.29, 1.82) is 0 Å². The molecule has 8 heteroatoms. The molecule has 4 aliphatic heterocycles. The van der Waals surface area contributed by atoms with Gasteiger partial charge in [0.2, 0.25) is 5.79 Å². The SMILES string of the molecule is C[C@H]1[C@H](SCCCCOC(=O)SC(C)(C)C)O[C@@H]2OC3(C)CC[C@H]4[C@H](C)CC[C@@H]1[C@@]24OO3. The average molecular weight is 489 g/mol. The van der Waals surface area contributed by atoms with Crippen LogP contribution in [0.15, 0.2) is 0 Å².